The fourth-order valence-electron chi connectivity index (χ4n) is 1.67. The van der Waals surface area contributed by atoms with E-state index in [4.69, 9.17) is 11.6 Å². The van der Waals surface area contributed by atoms with E-state index >= 15 is 0 Å². The van der Waals surface area contributed by atoms with Crippen LogP contribution >= 0.6 is 27.5 Å². The van der Waals surface area contributed by atoms with Gasteiger partial charge in [-0.25, -0.2) is 0 Å². The average Bonchev–Trinajstić information content (AvgIpc) is 2.38. The van der Waals surface area contributed by atoms with Gasteiger partial charge in [0.2, 0.25) is 0 Å². The highest BCUT2D eigenvalue weighted by Crippen LogP contribution is 2.34. The highest BCUT2D eigenvalue weighted by Gasteiger charge is 2.30. The Kier molecular flexibility index (Phi) is 4.21. The zero-order valence-electron chi connectivity index (χ0n) is 9.59. The monoisotopic (exact) mass is 348 g/mol. The van der Waals surface area contributed by atoms with Crippen LogP contribution in [0.1, 0.15) is 21.5 Å². The van der Waals surface area contributed by atoms with Crippen LogP contribution in [0.25, 0.3) is 0 Å². The predicted molar refractivity (Wildman–Crippen MR) is 73.7 cm³/mol. The molecule has 0 aliphatic heterocycles. The van der Waals surface area contributed by atoms with Crippen molar-refractivity contribution < 1.29 is 13.2 Å². The summed E-state index contributed by atoms with van der Waals surface area (Å²) in [6, 6.07) is 12.3. The molecule has 0 aliphatic rings. The van der Waals surface area contributed by atoms with E-state index in [1.807, 2.05) is 12.1 Å². The number of hydrogen-bond acceptors (Lipinski definition) is 0. The van der Waals surface area contributed by atoms with E-state index in [9.17, 15) is 13.2 Å². The van der Waals surface area contributed by atoms with Gasteiger partial charge in [-0.05, 0) is 35.4 Å². The van der Waals surface area contributed by atoms with Crippen LogP contribution in [0.3, 0.4) is 0 Å². The van der Waals surface area contributed by atoms with Crippen LogP contribution in [0.2, 0.25) is 5.02 Å². The zero-order chi connectivity index (χ0) is 14.0. The highest BCUT2D eigenvalue weighted by molar-refractivity contribution is 9.09. The Morgan fingerprint density at radius 1 is 0.842 bits per heavy atom. The summed E-state index contributed by atoms with van der Waals surface area (Å²) in [5.74, 6) is 0. The second-order valence-corrected chi connectivity index (χ2v) is 5.39. The zero-order valence-corrected chi connectivity index (χ0v) is 11.9. The Morgan fingerprint density at radius 3 is 1.68 bits per heavy atom. The summed E-state index contributed by atoms with van der Waals surface area (Å²) >= 11 is 9.26. The van der Waals surface area contributed by atoms with Crippen molar-refractivity contribution in [3.05, 3.63) is 70.2 Å². The minimum Gasteiger partial charge on any atom is -0.166 e. The SMILES string of the molecule is FC(F)(F)c1ccc(C(Br)c2ccc(Cl)cc2)cc1. The molecule has 0 aliphatic carbocycles. The van der Waals surface area contributed by atoms with Crippen LogP contribution in [0.15, 0.2) is 48.5 Å². The molecule has 1 unspecified atom stereocenters. The Labute approximate surface area is 122 Å². The van der Waals surface area contributed by atoms with Crippen molar-refractivity contribution in [2.45, 2.75) is 11.0 Å². The molecule has 0 fully saturated rings. The van der Waals surface area contributed by atoms with Gasteiger partial charge in [0.15, 0.2) is 0 Å². The molecular formula is C14H9BrClF3. The molecule has 5 heteroatoms. The molecule has 2 aromatic rings. The number of alkyl halides is 4. The van der Waals surface area contributed by atoms with Crippen LogP contribution in [-0.2, 0) is 6.18 Å². The molecule has 2 aromatic carbocycles. The third kappa shape index (κ3) is 3.51. The summed E-state index contributed by atoms with van der Waals surface area (Å²) in [5, 5.41) is 0.621. The van der Waals surface area contributed by atoms with Crippen LogP contribution in [-0.4, -0.2) is 0 Å². The molecule has 0 N–H and O–H groups in total. The van der Waals surface area contributed by atoms with Gasteiger partial charge in [-0.3, -0.25) is 0 Å². The summed E-state index contributed by atoms with van der Waals surface area (Å²) in [7, 11) is 0. The molecule has 2 rings (SSSR count). The summed E-state index contributed by atoms with van der Waals surface area (Å²) < 4.78 is 37.4. The van der Waals surface area contributed by atoms with Crippen LogP contribution in [0.4, 0.5) is 13.2 Å². The smallest absolute Gasteiger partial charge is 0.166 e. The van der Waals surface area contributed by atoms with E-state index in [2.05, 4.69) is 15.9 Å². The maximum atomic E-state index is 12.5. The van der Waals surface area contributed by atoms with Gasteiger partial charge in [0.1, 0.15) is 0 Å². The molecule has 0 amide bonds. The normalized spacial score (nSPS) is 13.3. The van der Waals surface area contributed by atoms with Gasteiger partial charge < -0.3 is 0 Å². The van der Waals surface area contributed by atoms with E-state index in [1.54, 1.807) is 12.1 Å². The number of hydrogen-bond donors (Lipinski definition) is 0. The van der Waals surface area contributed by atoms with Crippen LogP contribution in [0, 0.1) is 0 Å². The third-order valence-corrected chi connectivity index (χ3v) is 4.00. The van der Waals surface area contributed by atoms with Gasteiger partial charge in [0.05, 0.1) is 10.4 Å². The van der Waals surface area contributed by atoms with Crippen molar-refractivity contribution in [1.29, 1.82) is 0 Å². The minimum atomic E-state index is -4.30. The predicted octanol–water partition coefficient (Wildman–Crippen LogP) is 5.84. The van der Waals surface area contributed by atoms with Crippen molar-refractivity contribution in [3.63, 3.8) is 0 Å². The lowest BCUT2D eigenvalue weighted by atomic mass is 10.0. The van der Waals surface area contributed by atoms with Gasteiger partial charge in [-0.15, -0.1) is 0 Å². The highest BCUT2D eigenvalue weighted by atomic mass is 79.9. The maximum Gasteiger partial charge on any atom is 0.416 e. The van der Waals surface area contributed by atoms with Crippen molar-refractivity contribution in [2.24, 2.45) is 0 Å². The first kappa shape index (κ1) is 14.4. The summed E-state index contributed by atoms with van der Waals surface area (Å²) in [6.07, 6.45) is -4.30. The molecule has 0 aromatic heterocycles. The fourth-order valence-corrected chi connectivity index (χ4v) is 2.40. The molecule has 0 radical (unpaired) electrons. The summed E-state index contributed by atoms with van der Waals surface area (Å²) in [6.45, 7) is 0. The first-order valence-electron chi connectivity index (χ1n) is 5.44. The van der Waals surface area contributed by atoms with Crippen molar-refractivity contribution in [2.75, 3.05) is 0 Å². The largest absolute Gasteiger partial charge is 0.416 e. The van der Waals surface area contributed by atoms with E-state index < -0.39 is 11.7 Å². The van der Waals surface area contributed by atoms with Gasteiger partial charge in [-0.2, -0.15) is 13.2 Å². The quantitative estimate of drug-likeness (QED) is 0.597. The molecule has 0 heterocycles. The molecule has 0 saturated carbocycles. The average molecular weight is 350 g/mol. The van der Waals surface area contributed by atoms with E-state index in [0.29, 0.717) is 5.02 Å². The van der Waals surface area contributed by atoms with Crippen molar-refractivity contribution in [3.8, 4) is 0 Å². The van der Waals surface area contributed by atoms with Crippen LogP contribution < -0.4 is 0 Å². The Balaban J connectivity index is 2.25. The van der Waals surface area contributed by atoms with Gasteiger partial charge in [0.25, 0.3) is 0 Å². The molecule has 0 saturated heterocycles. The fraction of sp³-hybridized carbons (Fsp3) is 0.143. The lowest BCUT2D eigenvalue weighted by molar-refractivity contribution is -0.137. The lowest BCUT2D eigenvalue weighted by Crippen LogP contribution is -2.04. The first-order valence-corrected chi connectivity index (χ1v) is 6.74. The minimum absolute atomic E-state index is 0.160. The molecule has 100 valence electrons. The second-order valence-electron chi connectivity index (χ2n) is 4.03. The maximum absolute atomic E-state index is 12.5. The number of halogens is 5. The first-order chi connectivity index (χ1) is 8.88. The molecule has 0 spiro atoms. The van der Waals surface area contributed by atoms with E-state index in [-0.39, 0.29) is 4.83 Å². The molecule has 1 atom stereocenters. The third-order valence-electron chi connectivity index (χ3n) is 2.69. The van der Waals surface area contributed by atoms with E-state index in [0.717, 1.165) is 23.3 Å². The summed E-state index contributed by atoms with van der Waals surface area (Å²) in [4.78, 5) is -0.160. The summed E-state index contributed by atoms with van der Waals surface area (Å²) in [5.41, 5.74) is 1.05. The lowest BCUT2D eigenvalue weighted by Gasteiger charge is -2.12. The van der Waals surface area contributed by atoms with Crippen molar-refractivity contribution in [1.82, 2.24) is 0 Å². The van der Waals surface area contributed by atoms with Gasteiger partial charge >= 0.3 is 6.18 Å². The number of rotatable bonds is 2. The second kappa shape index (κ2) is 5.55. The molecule has 19 heavy (non-hydrogen) atoms. The Morgan fingerprint density at radius 2 is 1.26 bits per heavy atom. The van der Waals surface area contributed by atoms with Gasteiger partial charge in [0, 0.05) is 5.02 Å². The molecule has 0 nitrogen and oxygen atoms in total. The van der Waals surface area contributed by atoms with Crippen LogP contribution in [0.5, 0.6) is 0 Å². The topological polar surface area (TPSA) is 0 Å². The Hall–Kier alpha value is -1.00. The van der Waals surface area contributed by atoms with E-state index in [1.165, 1.54) is 12.1 Å². The Bertz CT molecular complexity index is 546. The molecular weight excluding hydrogens is 341 g/mol. The van der Waals surface area contributed by atoms with Gasteiger partial charge in [-0.1, -0.05) is 51.8 Å². The van der Waals surface area contributed by atoms with Crippen molar-refractivity contribution >= 4 is 27.5 Å². The standard InChI is InChI=1S/C14H9BrClF3/c15-13(10-3-7-12(16)8-4-10)9-1-5-11(6-2-9)14(17,18)19/h1-8,13H. The number of benzene rings is 2. The molecule has 0 bridgehead atoms.